The lowest BCUT2D eigenvalue weighted by atomic mass is 10.1. The van der Waals surface area contributed by atoms with Gasteiger partial charge in [-0.15, -0.1) is 0 Å². The Bertz CT molecular complexity index is 1040. The molecule has 0 unspecified atom stereocenters. The van der Waals surface area contributed by atoms with E-state index in [0.29, 0.717) is 16.4 Å². The molecule has 1 N–H and O–H groups in total. The second kappa shape index (κ2) is 7.29. The third-order valence-corrected chi connectivity index (χ3v) is 5.29. The standard InChI is InChI=1S/C20H18ClN5O3/c1-11-3-8-15(9-12(11)2)26-19(28)17-18(20(26)29)25(24-23-17)10-16(27)22-14-6-4-13(21)5-7-14/h3-9,17-18H,10H2,1-2H3,(H,22,27)/t17-,18-/m0/s1. The molecular formula is C20H18ClN5O3. The minimum atomic E-state index is -0.938. The topological polar surface area (TPSA) is 94.4 Å². The molecule has 1 saturated heterocycles. The average molecular weight is 412 g/mol. The van der Waals surface area contributed by atoms with Crippen molar-refractivity contribution in [2.24, 2.45) is 10.3 Å². The van der Waals surface area contributed by atoms with Crippen molar-refractivity contribution in [3.8, 4) is 0 Å². The molecule has 2 atom stereocenters. The van der Waals surface area contributed by atoms with Gasteiger partial charge in [0, 0.05) is 10.7 Å². The van der Waals surface area contributed by atoms with Gasteiger partial charge in [-0.3, -0.25) is 19.4 Å². The van der Waals surface area contributed by atoms with Gasteiger partial charge in [0.1, 0.15) is 6.54 Å². The van der Waals surface area contributed by atoms with Gasteiger partial charge in [0.2, 0.25) is 5.91 Å². The molecule has 0 saturated carbocycles. The van der Waals surface area contributed by atoms with Gasteiger partial charge in [0.15, 0.2) is 12.1 Å². The van der Waals surface area contributed by atoms with Crippen molar-refractivity contribution in [2.75, 3.05) is 16.8 Å². The van der Waals surface area contributed by atoms with E-state index in [9.17, 15) is 14.4 Å². The van der Waals surface area contributed by atoms with Gasteiger partial charge >= 0.3 is 0 Å². The van der Waals surface area contributed by atoms with E-state index >= 15 is 0 Å². The predicted molar refractivity (Wildman–Crippen MR) is 108 cm³/mol. The number of halogens is 1. The number of hydrogen-bond donors (Lipinski definition) is 1. The van der Waals surface area contributed by atoms with Crippen LogP contribution in [0.1, 0.15) is 11.1 Å². The Hall–Kier alpha value is -3.26. The SMILES string of the molecule is Cc1ccc(N2C(=O)[C@H]3N=NN(CC(=O)Nc4ccc(Cl)cc4)[C@@H]3C2=O)cc1C. The van der Waals surface area contributed by atoms with Crippen molar-refractivity contribution in [1.82, 2.24) is 5.01 Å². The number of imide groups is 1. The molecule has 3 amide bonds. The molecule has 2 aromatic carbocycles. The minimum absolute atomic E-state index is 0.201. The van der Waals surface area contributed by atoms with Gasteiger partial charge in [-0.25, -0.2) is 4.90 Å². The van der Waals surface area contributed by atoms with Crippen LogP contribution in [0.25, 0.3) is 0 Å². The first-order valence-electron chi connectivity index (χ1n) is 9.03. The maximum absolute atomic E-state index is 13.0. The summed E-state index contributed by atoms with van der Waals surface area (Å²) in [5, 5.41) is 12.3. The molecule has 9 heteroatoms. The summed E-state index contributed by atoms with van der Waals surface area (Å²) < 4.78 is 0. The summed E-state index contributed by atoms with van der Waals surface area (Å²) >= 11 is 5.84. The van der Waals surface area contributed by atoms with Crippen molar-refractivity contribution < 1.29 is 14.4 Å². The predicted octanol–water partition coefficient (Wildman–Crippen LogP) is 2.89. The zero-order chi connectivity index (χ0) is 20.7. The van der Waals surface area contributed by atoms with E-state index < -0.39 is 23.9 Å². The molecule has 29 heavy (non-hydrogen) atoms. The van der Waals surface area contributed by atoms with E-state index in [1.54, 1.807) is 36.4 Å². The van der Waals surface area contributed by atoms with Gasteiger partial charge in [-0.1, -0.05) is 22.9 Å². The Morgan fingerprint density at radius 2 is 1.79 bits per heavy atom. The summed E-state index contributed by atoms with van der Waals surface area (Å²) in [5.41, 5.74) is 3.10. The third-order valence-electron chi connectivity index (χ3n) is 5.04. The molecule has 2 heterocycles. The molecule has 2 aromatic rings. The number of benzene rings is 2. The zero-order valence-electron chi connectivity index (χ0n) is 15.8. The molecule has 2 aliphatic heterocycles. The Morgan fingerprint density at radius 1 is 1.07 bits per heavy atom. The first-order valence-corrected chi connectivity index (χ1v) is 9.41. The highest BCUT2D eigenvalue weighted by Crippen LogP contribution is 2.32. The maximum Gasteiger partial charge on any atom is 0.263 e. The summed E-state index contributed by atoms with van der Waals surface area (Å²) in [5.74, 6) is -1.25. The summed E-state index contributed by atoms with van der Waals surface area (Å²) in [4.78, 5) is 39.2. The number of amides is 3. The molecule has 0 spiro atoms. The quantitative estimate of drug-likeness (QED) is 0.782. The van der Waals surface area contributed by atoms with E-state index in [1.165, 1.54) is 5.01 Å². The van der Waals surface area contributed by atoms with Crippen LogP contribution in [-0.2, 0) is 14.4 Å². The lowest BCUT2D eigenvalue weighted by Gasteiger charge is -2.20. The van der Waals surface area contributed by atoms with Gasteiger partial charge in [0.25, 0.3) is 11.8 Å². The Balaban J connectivity index is 1.49. The molecule has 0 aromatic heterocycles. The second-order valence-electron chi connectivity index (χ2n) is 7.03. The van der Waals surface area contributed by atoms with Crippen molar-refractivity contribution >= 4 is 40.7 Å². The monoisotopic (exact) mass is 411 g/mol. The molecule has 0 aliphatic carbocycles. The summed E-state index contributed by atoms with van der Waals surface area (Å²) in [7, 11) is 0. The number of hydrogen-bond acceptors (Lipinski definition) is 6. The van der Waals surface area contributed by atoms with Crippen LogP contribution in [0.2, 0.25) is 5.02 Å². The van der Waals surface area contributed by atoms with E-state index in [2.05, 4.69) is 15.7 Å². The number of aryl methyl sites for hydroxylation is 2. The molecule has 2 aliphatic rings. The fourth-order valence-corrected chi connectivity index (χ4v) is 3.48. The number of anilines is 2. The van der Waals surface area contributed by atoms with Crippen LogP contribution in [0.5, 0.6) is 0 Å². The summed E-state index contributed by atoms with van der Waals surface area (Å²) in [6.45, 7) is 3.67. The molecule has 0 bridgehead atoms. The fourth-order valence-electron chi connectivity index (χ4n) is 3.35. The van der Waals surface area contributed by atoms with E-state index in [-0.39, 0.29) is 12.5 Å². The van der Waals surface area contributed by atoms with Crippen LogP contribution in [0.3, 0.4) is 0 Å². The van der Waals surface area contributed by atoms with E-state index in [1.807, 2.05) is 19.9 Å². The highest BCUT2D eigenvalue weighted by Gasteiger charge is 2.55. The van der Waals surface area contributed by atoms with Crippen LogP contribution < -0.4 is 10.2 Å². The highest BCUT2D eigenvalue weighted by atomic mass is 35.5. The molecule has 148 valence electrons. The molecule has 8 nitrogen and oxygen atoms in total. The molecule has 4 rings (SSSR count). The van der Waals surface area contributed by atoms with Crippen molar-refractivity contribution in [2.45, 2.75) is 25.9 Å². The summed E-state index contributed by atoms with van der Waals surface area (Å²) in [6.07, 6.45) is 0. The van der Waals surface area contributed by atoms with Crippen molar-refractivity contribution in [3.05, 3.63) is 58.6 Å². The minimum Gasteiger partial charge on any atom is -0.324 e. The first kappa shape index (κ1) is 19.1. The number of rotatable bonds is 4. The zero-order valence-corrected chi connectivity index (χ0v) is 16.6. The summed E-state index contributed by atoms with van der Waals surface area (Å²) in [6, 6.07) is 10.2. The van der Waals surface area contributed by atoms with E-state index in [4.69, 9.17) is 11.6 Å². The Morgan fingerprint density at radius 3 is 2.48 bits per heavy atom. The molecule has 1 fully saturated rings. The normalized spacial score (nSPS) is 20.4. The number of nitrogens with one attached hydrogen (secondary N) is 1. The number of carbonyl (C=O) groups is 3. The molecular weight excluding hydrogens is 394 g/mol. The van der Waals surface area contributed by atoms with Crippen LogP contribution in [0.15, 0.2) is 52.8 Å². The Labute approximate surface area is 172 Å². The lowest BCUT2D eigenvalue weighted by molar-refractivity contribution is -0.123. The number of fused-ring (bicyclic) bond motifs is 1. The van der Waals surface area contributed by atoms with Gasteiger partial charge in [-0.05, 0) is 61.4 Å². The highest BCUT2D eigenvalue weighted by molar-refractivity contribution is 6.30. The second-order valence-corrected chi connectivity index (χ2v) is 7.46. The largest absolute Gasteiger partial charge is 0.324 e. The number of nitrogens with zero attached hydrogens (tertiary/aromatic N) is 4. The molecule has 0 radical (unpaired) electrons. The van der Waals surface area contributed by atoms with Crippen molar-refractivity contribution in [3.63, 3.8) is 0 Å². The fraction of sp³-hybridized carbons (Fsp3) is 0.250. The third kappa shape index (κ3) is 3.47. The first-order chi connectivity index (χ1) is 13.8. The van der Waals surface area contributed by atoms with Gasteiger partial charge in [-0.2, -0.15) is 5.11 Å². The average Bonchev–Trinajstić information content (AvgIpc) is 3.20. The van der Waals surface area contributed by atoms with Gasteiger partial charge < -0.3 is 5.32 Å². The van der Waals surface area contributed by atoms with E-state index in [0.717, 1.165) is 16.0 Å². The maximum atomic E-state index is 13.0. The van der Waals surface area contributed by atoms with Crippen LogP contribution in [-0.4, -0.2) is 41.4 Å². The van der Waals surface area contributed by atoms with Gasteiger partial charge in [0.05, 0.1) is 5.69 Å². The van der Waals surface area contributed by atoms with Crippen LogP contribution in [0.4, 0.5) is 11.4 Å². The smallest absolute Gasteiger partial charge is 0.263 e. The lowest BCUT2D eigenvalue weighted by Crippen LogP contribution is -2.43. The van der Waals surface area contributed by atoms with Crippen LogP contribution in [0, 0.1) is 13.8 Å². The van der Waals surface area contributed by atoms with Crippen molar-refractivity contribution in [1.29, 1.82) is 0 Å². The van der Waals surface area contributed by atoms with Crippen LogP contribution >= 0.6 is 11.6 Å². The number of carbonyl (C=O) groups excluding carboxylic acids is 3. The Kier molecular flexibility index (Phi) is 4.79.